The largest absolute Gasteiger partial charge is 0.444 e. The molecular formula is C17H33N3O2. The molecular weight excluding hydrogens is 278 g/mol. The summed E-state index contributed by atoms with van der Waals surface area (Å²) in [5.74, 6) is 0.534. The van der Waals surface area contributed by atoms with E-state index in [1.807, 2.05) is 20.8 Å². The van der Waals surface area contributed by atoms with Crippen molar-refractivity contribution in [2.45, 2.75) is 70.6 Å². The molecule has 2 aliphatic rings. The van der Waals surface area contributed by atoms with Gasteiger partial charge in [-0.3, -0.25) is 0 Å². The molecule has 1 heterocycles. The lowest BCUT2D eigenvalue weighted by atomic mass is 9.99. The van der Waals surface area contributed by atoms with Gasteiger partial charge in [-0.25, -0.2) is 4.79 Å². The number of rotatable bonds is 4. The Morgan fingerprint density at radius 3 is 2.50 bits per heavy atom. The first kappa shape index (κ1) is 17.5. The number of hydrogen-bond donors (Lipinski definition) is 2. The third-order valence-electron chi connectivity index (χ3n) is 4.73. The zero-order valence-electron chi connectivity index (χ0n) is 14.7. The highest BCUT2D eigenvalue weighted by Crippen LogP contribution is 2.26. The lowest BCUT2D eigenvalue weighted by Gasteiger charge is -2.33. The summed E-state index contributed by atoms with van der Waals surface area (Å²) in [7, 11) is 2.19. The van der Waals surface area contributed by atoms with Crippen LogP contribution < -0.4 is 10.6 Å². The number of alkyl carbamates (subject to hydrolysis) is 1. The van der Waals surface area contributed by atoms with Gasteiger partial charge in [0.25, 0.3) is 0 Å². The molecule has 2 rings (SSSR count). The Balaban J connectivity index is 1.72. The average molecular weight is 311 g/mol. The van der Waals surface area contributed by atoms with Gasteiger partial charge in [-0.05, 0) is 72.5 Å². The molecule has 1 aliphatic heterocycles. The number of ether oxygens (including phenoxy) is 1. The van der Waals surface area contributed by atoms with Crippen LogP contribution >= 0.6 is 0 Å². The molecule has 1 saturated carbocycles. The van der Waals surface area contributed by atoms with Crippen LogP contribution in [0.2, 0.25) is 0 Å². The van der Waals surface area contributed by atoms with Crippen molar-refractivity contribution in [3.63, 3.8) is 0 Å². The van der Waals surface area contributed by atoms with Gasteiger partial charge in [-0.15, -0.1) is 0 Å². The molecule has 0 aromatic rings. The SMILES string of the molecule is CN1CCC(NC2CCCC2CNC(=O)OC(C)(C)C)CC1. The van der Waals surface area contributed by atoms with Crippen LogP contribution in [0.15, 0.2) is 0 Å². The minimum Gasteiger partial charge on any atom is -0.444 e. The van der Waals surface area contributed by atoms with Crippen molar-refractivity contribution >= 4 is 6.09 Å². The van der Waals surface area contributed by atoms with Crippen molar-refractivity contribution in [3.05, 3.63) is 0 Å². The van der Waals surface area contributed by atoms with Crippen molar-refractivity contribution in [2.75, 3.05) is 26.7 Å². The molecule has 5 heteroatoms. The van der Waals surface area contributed by atoms with Gasteiger partial charge in [0, 0.05) is 18.6 Å². The molecule has 2 atom stereocenters. The minimum absolute atomic E-state index is 0.294. The molecule has 1 amide bonds. The van der Waals surface area contributed by atoms with E-state index in [0.29, 0.717) is 18.0 Å². The highest BCUT2D eigenvalue weighted by Gasteiger charge is 2.30. The summed E-state index contributed by atoms with van der Waals surface area (Å²) >= 11 is 0. The van der Waals surface area contributed by atoms with Crippen LogP contribution in [-0.2, 0) is 4.74 Å². The lowest BCUT2D eigenvalue weighted by molar-refractivity contribution is 0.0516. The van der Waals surface area contributed by atoms with E-state index in [4.69, 9.17) is 4.74 Å². The number of carbonyl (C=O) groups is 1. The van der Waals surface area contributed by atoms with E-state index in [2.05, 4.69) is 22.6 Å². The van der Waals surface area contributed by atoms with E-state index in [9.17, 15) is 4.79 Å². The van der Waals surface area contributed by atoms with Crippen LogP contribution in [0.5, 0.6) is 0 Å². The zero-order valence-corrected chi connectivity index (χ0v) is 14.7. The van der Waals surface area contributed by atoms with E-state index in [-0.39, 0.29) is 6.09 Å². The molecule has 0 radical (unpaired) electrons. The number of hydrogen-bond acceptors (Lipinski definition) is 4. The lowest BCUT2D eigenvalue weighted by Crippen LogP contribution is -2.48. The molecule has 128 valence electrons. The monoisotopic (exact) mass is 311 g/mol. The van der Waals surface area contributed by atoms with E-state index >= 15 is 0 Å². The Kier molecular flexibility index (Phi) is 6.09. The molecule has 0 bridgehead atoms. The van der Waals surface area contributed by atoms with Crippen LogP contribution in [0, 0.1) is 5.92 Å². The van der Waals surface area contributed by atoms with E-state index in [1.54, 1.807) is 0 Å². The molecule has 5 nitrogen and oxygen atoms in total. The summed E-state index contributed by atoms with van der Waals surface area (Å²) in [6.07, 6.45) is 5.86. The van der Waals surface area contributed by atoms with Crippen molar-refractivity contribution in [3.8, 4) is 0 Å². The summed E-state index contributed by atoms with van der Waals surface area (Å²) < 4.78 is 5.32. The normalized spacial score (nSPS) is 27.8. The van der Waals surface area contributed by atoms with Gasteiger partial charge in [0.1, 0.15) is 5.60 Å². The Labute approximate surface area is 135 Å². The van der Waals surface area contributed by atoms with Crippen LogP contribution in [0.1, 0.15) is 52.9 Å². The summed E-state index contributed by atoms with van der Waals surface area (Å²) in [6, 6.07) is 1.19. The van der Waals surface area contributed by atoms with Crippen molar-refractivity contribution < 1.29 is 9.53 Å². The number of amides is 1. The maximum atomic E-state index is 11.8. The van der Waals surface area contributed by atoms with Gasteiger partial charge >= 0.3 is 6.09 Å². The summed E-state index contributed by atoms with van der Waals surface area (Å²) in [4.78, 5) is 14.2. The van der Waals surface area contributed by atoms with Crippen LogP contribution in [-0.4, -0.2) is 55.4 Å². The summed E-state index contributed by atoms with van der Waals surface area (Å²) in [5, 5.41) is 6.79. The fourth-order valence-corrected chi connectivity index (χ4v) is 3.51. The van der Waals surface area contributed by atoms with E-state index in [0.717, 1.165) is 6.54 Å². The number of likely N-dealkylation sites (tertiary alicyclic amines) is 1. The standard InChI is InChI=1S/C17H33N3O2/c1-17(2,3)22-16(21)18-12-13-6-5-7-15(13)19-14-8-10-20(4)11-9-14/h13-15,19H,5-12H2,1-4H3,(H,18,21). The zero-order chi connectivity index (χ0) is 16.2. The van der Waals surface area contributed by atoms with Crippen molar-refractivity contribution in [2.24, 2.45) is 5.92 Å². The molecule has 2 fully saturated rings. The van der Waals surface area contributed by atoms with Gasteiger partial charge in [0.05, 0.1) is 0 Å². The van der Waals surface area contributed by atoms with Crippen molar-refractivity contribution in [1.82, 2.24) is 15.5 Å². The molecule has 1 aliphatic carbocycles. The summed E-state index contributed by atoms with van der Waals surface area (Å²) in [6.45, 7) is 8.78. The number of nitrogens with one attached hydrogen (secondary N) is 2. The average Bonchev–Trinajstić information content (AvgIpc) is 2.84. The highest BCUT2D eigenvalue weighted by molar-refractivity contribution is 5.67. The fourth-order valence-electron chi connectivity index (χ4n) is 3.51. The number of piperidine rings is 1. The van der Waals surface area contributed by atoms with Crippen LogP contribution in [0.4, 0.5) is 4.79 Å². The quantitative estimate of drug-likeness (QED) is 0.837. The fraction of sp³-hybridized carbons (Fsp3) is 0.941. The first-order chi connectivity index (χ1) is 10.3. The predicted molar refractivity (Wildman–Crippen MR) is 89.0 cm³/mol. The molecule has 22 heavy (non-hydrogen) atoms. The van der Waals surface area contributed by atoms with Crippen molar-refractivity contribution in [1.29, 1.82) is 0 Å². The second kappa shape index (κ2) is 7.64. The van der Waals surface area contributed by atoms with Gasteiger partial charge in [-0.2, -0.15) is 0 Å². The maximum Gasteiger partial charge on any atom is 0.407 e. The minimum atomic E-state index is -0.425. The second-order valence-corrected chi connectivity index (χ2v) is 7.92. The second-order valence-electron chi connectivity index (χ2n) is 7.92. The van der Waals surface area contributed by atoms with Crippen LogP contribution in [0.25, 0.3) is 0 Å². The molecule has 2 N–H and O–H groups in total. The summed E-state index contributed by atoms with van der Waals surface area (Å²) in [5.41, 5.74) is -0.425. The molecule has 2 unspecified atom stereocenters. The van der Waals surface area contributed by atoms with Gasteiger partial charge in [0.15, 0.2) is 0 Å². The third kappa shape index (κ3) is 5.76. The third-order valence-corrected chi connectivity index (χ3v) is 4.73. The Morgan fingerprint density at radius 1 is 1.18 bits per heavy atom. The molecule has 1 saturated heterocycles. The van der Waals surface area contributed by atoms with E-state index in [1.165, 1.54) is 45.2 Å². The van der Waals surface area contributed by atoms with E-state index < -0.39 is 5.60 Å². The molecule has 0 spiro atoms. The molecule has 0 aromatic heterocycles. The Hall–Kier alpha value is -0.810. The topological polar surface area (TPSA) is 53.6 Å². The first-order valence-corrected chi connectivity index (χ1v) is 8.75. The van der Waals surface area contributed by atoms with Gasteiger partial charge in [-0.1, -0.05) is 6.42 Å². The first-order valence-electron chi connectivity index (χ1n) is 8.75. The predicted octanol–water partition coefficient (Wildman–Crippen LogP) is 2.36. The highest BCUT2D eigenvalue weighted by atomic mass is 16.6. The smallest absolute Gasteiger partial charge is 0.407 e. The Bertz CT molecular complexity index is 359. The van der Waals surface area contributed by atoms with Gasteiger partial charge in [0.2, 0.25) is 0 Å². The van der Waals surface area contributed by atoms with Crippen LogP contribution in [0.3, 0.4) is 0 Å². The van der Waals surface area contributed by atoms with Gasteiger partial charge < -0.3 is 20.3 Å². The number of nitrogens with zero attached hydrogens (tertiary/aromatic N) is 1. The maximum absolute atomic E-state index is 11.8. The number of carbonyl (C=O) groups excluding carboxylic acids is 1. The molecule has 0 aromatic carbocycles. The Morgan fingerprint density at radius 2 is 1.86 bits per heavy atom.